The van der Waals surface area contributed by atoms with Crippen LogP contribution < -0.4 is 10.2 Å². The number of carbonyl (C=O) groups is 1. The van der Waals surface area contributed by atoms with E-state index < -0.39 is 25.4 Å². The van der Waals surface area contributed by atoms with Gasteiger partial charge in [0.05, 0.1) is 0 Å². The zero-order valence-electron chi connectivity index (χ0n) is 20.8. The lowest BCUT2D eigenvalue weighted by atomic mass is 9.95. The molecule has 8 nitrogen and oxygen atoms in total. The highest BCUT2D eigenvalue weighted by atomic mass is 35.5. The van der Waals surface area contributed by atoms with E-state index in [1.54, 1.807) is 27.7 Å². The van der Waals surface area contributed by atoms with E-state index in [2.05, 4.69) is 10.2 Å². The van der Waals surface area contributed by atoms with Gasteiger partial charge in [0, 0.05) is 75.5 Å². The molecule has 1 aromatic carbocycles. The summed E-state index contributed by atoms with van der Waals surface area (Å²) in [6.07, 6.45) is -0.782. The summed E-state index contributed by atoms with van der Waals surface area (Å²) in [6.45, 7) is 10.9. The summed E-state index contributed by atoms with van der Waals surface area (Å²) in [5.41, 5.74) is 2.76. The topological polar surface area (TPSA) is 97.3 Å². The van der Waals surface area contributed by atoms with Gasteiger partial charge in [0.2, 0.25) is 7.37 Å². The Morgan fingerprint density at radius 2 is 1.76 bits per heavy atom. The van der Waals surface area contributed by atoms with Crippen molar-refractivity contribution in [2.75, 3.05) is 61.8 Å². The molecule has 2 atom stereocenters. The molecule has 0 bridgehead atoms. The molecule has 0 aliphatic heterocycles. The third kappa shape index (κ3) is 9.92. The molecular formula is C23H39Cl2N2O6P. The van der Waals surface area contributed by atoms with Crippen molar-refractivity contribution in [2.24, 2.45) is 0 Å². The van der Waals surface area contributed by atoms with Gasteiger partial charge in [-0.1, -0.05) is 13.0 Å². The van der Waals surface area contributed by atoms with Gasteiger partial charge in [-0.15, -0.1) is 23.2 Å². The van der Waals surface area contributed by atoms with Crippen LogP contribution in [0.5, 0.6) is 0 Å². The highest BCUT2D eigenvalue weighted by molar-refractivity contribution is 7.59. The Balaban J connectivity index is 3.38. The van der Waals surface area contributed by atoms with E-state index in [4.69, 9.17) is 37.2 Å². The third-order valence-electron chi connectivity index (χ3n) is 5.40. The minimum absolute atomic E-state index is 0.0813. The Hall–Kier alpha value is -1.02. The summed E-state index contributed by atoms with van der Waals surface area (Å²) in [5.74, 6) is -0.968. The second-order valence-electron chi connectivity index (χ2n) is 7.92. The fourth-order valence-corrected chi connectivity index (χ4v) is 6.39. The van der Waals surface area contributed by atoms with Gasteiger partial charge in [-0.2, -0.15) is 0 Å². The number of carboxylic acid groups (broad SMARTS) is 1. The number of hydrogen-bond acceptors (Lipinski definition) is 6. The lowest BCUT2D eigenvalue weighted by molar-refractivity contribution is -0.328. The van der Waals surface area contributed by atoms with Crippen molar-refractivity contribution in [1.29, 1.82) is 0 Å². The first-order chi connectivity index (χ1) is 16.1. The molecule has 0 heterocycles. The molecule has 0 aromatic heterocycles. The minimum Gasteiger partial charge on any atom is -0.465 e. The van der Waals surface area contributed by atoms with Crippen LogP contribution in [0.3, 0.4) is 0 Å². The van der Waals surface area contributed by atoms with Crippen LogP contribution in [0, 0.1) is 6.92 Å². The minimum atomic E-state index is -3.29. The van der Waals surface area contributed by atoms with Crippen molar-refractivity contribution in [2.45, 2.75) is 46.5 Å². The zero-order chi connectivity index (χ0) is 25.8. The van der Waals surface area contributed by atoms with Gasteiger partial charge in [0.15, 0.2) is 0 Å². The van der Waals surface area contributed by atoms with Gasteiger partial charge >= 0.3 is 6.09 Å². The zero-order valence-corrected chi connectivity index (χ0v) is 23.2. The summed E-state index contributed by atoms with van der Waals surface area (Å²) >= 11 is 12.0. The van der Waals surface area contributed by atoms with Gasteiger partial charge in [-0.3, -0.25) is 9.09 Å². The van der Waals surface area contributed by atoms with Gasteiger partial charge in [0.1, 0.15) is 0 Å². The Kier molecular flexibility index (Phi) is 13.8. The number of rotatable bonds is 17. The van der Waals surface area contributed by atoms with Gasteiger partial charge in [-0.05, 0) is 44.0 Å². The Labute approximate surface area is 213 Å². The maximum atomic E-state index is 13.9. The maximum Gasteiger partial charge on any atom is 0.404 e. The summed E-state index contributed by atoms with van der Waals surface area (Å²) < 4.78 is 31.2. The average Bonchev–Trinajstić information content (AvgIpc) is 2.77. The van der Waals surface area contributed by atoms with Crippen LogP contribution in [0.15, 0.2) is 18.2 Å². The Morgan fingerprint density at radius 1 is 1.18 bits per heavy atom. The van der Waals surface area contributed by atoms with Crippen molar-refractivity contribution >= 4 is 42.4 Å². The predicted molar refractivity (Wildman–Crippen MR) is 139 cm³/mol. The standard InChI is InChI=1S/C23H39Cl2N2O6P/c1-6-31-23(5,32-7-2)33-34(30,8-3)17-19(16-26-22(28)29)21-15-20(10-9-18(21)4)27(13-11-24)14-12-25/h9-10,15,19,26H,6-8,11-14,16-17H2,1-5H3,(H,28,29). The van der Waals surface area contributed by atoms with Crippen molar-refractivity contribution in [1.82, 2.24) is 5.32 Å². The molecule has 196 valence electrons. The smallest absolute Gasteiger partial charge is 0.404 e. The lowest BCUT2D eigenvalue weighted by Gasteiger charge is -2.34. The summed E-state index contributed by atoms with van der Waals surface area (Å²) in [6, 6.07) is 5.94. The van der Waals surface area contributed by atoms with Crippen molar-refractivity contribution in [3.05, 3.63) is 29.3 Å². The highest BCUT2D eigenvalue weighted by Gasteiger charge is 2.38. The van der Waals surface area contributed by atoms with Crippen LogP contribution in [0.1, 0.15) is 44.7 Å². The summed E-state index contributed by atoms with van der Waals surface area (Å²) in [4.78, 5) is 13.4. The van der Waals surface area contributed by atoms with E-state index in [1.807, 2.05) is 25.1 Å². The van der Waals surface area contributed by atoms with Gasteiger partial charge in [-0.25, -0.2) is 4.79 Å². The first-order valence-corrected chi connectivity index (χ1v) is 14.6. The number of nitrogens with one attached hydrogen (secondary N) is 1. The van der Waals surface area contributed by atoms with Crippen molar-refractivity contribution in [3.8, 4) is 0 Å². The molecule has 0 saturated heterocycles. The number of ether oxygens (including phenoxy) is 2. The molecule has 1 rings (SSSR count). The molecule has 0 aliphatic rings. The monoisotopic (exact) mass is 540 g/mol. The number of aryl methyl sites for hydroxylation is 1. The largest absolute Gasteiger partial charge is 0.465 e. The van der Waals surface area contributed by atoms with E-state index in [0.29, 0.717) is 38.1 Å². The molecule has 11 heteroatoms. The molecule has 0 saturated carbocycles. The first kappa shape index (κ1) is 31.0. The molecule has 0 radical (unpaired) electrons. The molecular weight excluding hydrogens is 502 g/mol. The average molecular weight is 541 g/mol. The predicted octanol–water partition coefficient (Wildman–Crippen LogP) is 5.69. The number of anilines is 1. The van der Waals surface area contributed by atoms with Gasteiger partial charge < -0.3 is 24.8 Å². The van der Waals surface area contributed by atoms with E-state index >= 15 is 0 Å². The fourth-order valence-electron chi connectivity index (χ4n) is 3.81. The molecule has 0 fully saturated rings. The van der Waals surface area contributed by atoms with Crippen LogP contribution in [-0.2, 0) is 18.6 Å². The second-order valence-corrected chi connectivity index (χ2v) is 11.5. The lowest BCUT2D eigenvalue weighted by Crippen LogP contribution is -2.36. The quantitative estimate of drug-likeness (QED) is 0.149. The second kappa shape index (κ2) is 15.2. The third-order valence-corrected chi connectivity index (χ3v) is 8.37. The number of halogens is 2. The number of benzene rings is 1. The number of hydrogen-bond donors (Lipinski definition) is 2. The highest BCUT2D eigenvalue weighted by Crippen LogP contribution is 2.53. The number of alkyl halides is 2. The van der Waals surface area contributed by atoms with E-state index in [-0.39, 0.29) is 18.9 Å². The normalized spacial score (nSPS) is 14.4. The molecule has 0 spiro atoms. The van der Waals surface area contributed by atoms with E-state index in [9.17, 15) is 14.5 Å². The van der Waals surface area contributed by atoms with Crippen molar-refractivity contribution in [3.63, 3.8) is 0 Å². The summed E-state index contributed by atoms with van der Waals surface area (Å²) in [7, 11) is -3.29. The summed E-state index contributed by atoms with van der Waals surface area (Å²) in [5, 5.41) is 11.7. The Morgan fingerprint density at radius 3 is 2.24 bits per heavy atom. The van der Waals surface area contributed by atoms with Crippen molar-refractivity contribution < 1.29 is 28.5 Å². The van der Waals surface area contributed by atoms with Gasteiger partial charge in [0.25, 0.3) is 5.97 Å². The Bertz CT molecular complexity index is 802. The maximum absolute atomic E-state index is 13.9. The molecule has 2 N–H and O–H groups in total. The molecule has 1 amide bonds. The molecule has 1 aromatic rings. The number of nitrogens with zero attached hydrogens (tertiary/aromatic N) is 1. The van der Waals surface area contributed by atoms with Crippen LogP contribution in [0.25, 0.3) is 0 Å². The SMILES string of the molecule is CCOC(C)(OCC)OP(=O)(CC)CC(CNC(=O)O)c1cc(N(CCCl)CCCl)ccc1C. The first-order valence-electron chi connectivity index (χ1n) is 11.6. The van der Waals surface area contributed by atoms with E-state index in [1.165, 1.54) is 0 Å². The molecule has 0 aliphatic carbocycles. The fraction of sp³-hybridized carbons (Fsp3) is 0.696. The number of amides is 1. The van der Waals surface area contributed by atoms with Crippen LogP contribution in [0.2, 0.25) is 0 Å². The molecule has 34 heavy (non-hydrogen) atoms. The molecule has 2 unspecified atom stereocenters. The van der Waals surface area contributed by atoms with Crippen LogP contribution in [0.4, 0.5) is 10.5 Å². The van der Waals surface area contributed by atoms with Crippen LogP contribution >= 0.6 is 30.6 Å². The van der Waals surface area contributed by atoms with E-state index in [0.717, 1.165) is 16.8 Å². The van der Waals surface area contributed by atoms with Crippen LogP contribution in [-0.4, -0.2) is 74.1 Å².